The molecule has 1 aliphatic heterocycles. The fourth-order valence-corrected chi connectivity index (χ4v) is 2.78. The molecule has 15 heavy (non-hydrogen) atoms. The largest absolute Gasteiger partial charge is 0.366 e. The predicted molar refractivity (Wildman–Crippen MR) is 62.3 cm³/mol. The van der Waals surface area contributed by atoms with Crippen LogP contribution in [0.5, 0.6) is 0 Å². The summed E-state index contributed by atoms with van der Waals surface area (Å²) >= 11 is 0. The number of aliphatic imine (C=N–C) groups is 1. The second-order valence-corrected chi connectivity index (χ2v) is 4.75. The summed E-state index contributed by atoms with van der Waals surface area (Å²) in [6.45, 7) is 3.02. The van der Waals surface area contributed by atoms with Crippen LogP contribution in [0.15, 0.2) is 29.3 Å². The van der Waals surface area contributed by atoms with Gasteiger partial charge in [-0.1, -0.05) is 24.3 Å². The van der Waals surface area contributed by atoms with Crippen LogP contribution in [0.3, 0.4) is 0 Å². The standard InChI is InChI=1S/C13H16N2/c1-10-14-9-13(15-10)7-6-11-4-2-3-5-12(11)8-13/h2-5H,6-9H2,1H3,(H,14,15). The van der Waals surface area contributed by atoms with E-state index in [0.29, 0.717) is 0 Å². The van der Waals surface area contributed by atoms with E-state index in [-0.39, 0.29) is 5.54 Å². The molecule has 0 aromatic heterocycles. The zero-order valence-corrected chi connectivity index (χ0v) is 9.09. The zero-order valence-electron chi connectivity index (χ0n) is 9.09. The smallest absolute Gasteiger partial charge is 0.0937 e. The summed E-state index contributed by atoms with van der Waals surface area (Å²) in [6.07, 6.45) is 3.53. The third kappa shape index (κ3) is 1.44. The van der Waals surface area contributed by atoms with Crippen LogP contribution in [0.2, 0.25) is 0 Å². The summed E-state index contributed by atoms with van der Waals surface area (Å²) in [4.78, 5) is 4.49. The fourth-order valence-electron chi connectivity index (χ4n) is 2.78. The molecule has 0 saturated heterocycles. The summed E-state index contributed by atoms with van der Waals surface area (Å²) in [6, 6.07) is 8.79. The molecular formula is C13H16N2. The molecule has 3 rings (SSSR count). The number of nitrogens with one attached hydrogen (secondary N) is 1. The maximum Gasteiger partial charge on any atom is 0.0937 e. The Hall–Kier alpha value is -1.31. The Balaban J connectivity index is 1.90. The topological polar surface area (TPSA) is 24.4 Å². The molecule has 1 aromatic carbocycles. The molecule has 0 saturated carbocycles. The van der Waals surface area contributed by atoms with Crippen molar-refractivity contribution in [2.24, 2.45) is 4.99 Å². The SMILES string of the molecule is CC1=NCC2(CCc3ccccc3C2)N1. The molecular weight excluding hydrogens is 184 g/mol. The molecule has 0 amide bonds. The van der Waals surface area contributed by atoms with Crippen LogP contribution in [0.1, 0.15) is 24.5 Å². The number of nitrogens with zero attached hydrogens (tertiary/aromatic N) is 1. The third-order valence-corrected chi connectivity index (χ3v) is 3.59. The van der Waals surface area contributed by atoms with Gasteiger partial charge >= 0.3 is 0 Å². The first kappa shape index (κ1) is 8.96. The van der Waals surface area contributed by atoms with Gasteiger partial charge in [-0.25, -0.2) is 0 Å². The number of benzene rings is 1. The van der Waals surface area contributed by atoms with E-state index in [2.05, 4.69) is 41.5 Å². The van der Waals surface area contributed by atoms with Gasteiger partial charge in [0, 0.05) is 0 Å². The summed E-state index contributed by atoms with van der Waals surface area (Å²) in [7, 11) is 0. The monoisotopic (exact) mass is 200 g/mol. The fraction of sp³-hybridized carbons (Fsp3) is 0.462. The van der Waals surface area contributed by atoms with Gasteiger partial charge in [-0.2, -0.15) is 0 Å². The highest BCUT2D eigenvalue weighted by Crippen LogP contribution is 2.30. The summed E-state index contributed by atoms with van der Waals surface area (Å²) in [5, 5.41) is 3.56. The van der Waals surface area contributed by atoms with Gasteiger partial charge < -0.3 is 5.32 Å². The first-order chi connectivity index (χ1) is 7.27. The molecule has 1 spiro atoms. The van der Waals surface area contributed by atoms with Crippen LogP contribution in [0.4, 0.5) is 0 Å². The lowest BCUT2D eigenvalue weighted by atomic mass is 9.78. The van der Waals surface area contributed by atoms with Crippen LogP contribution in [-0.2, 0) is 12.8 Å². The number of hydrogen-bond donors (Lipinski definition) is 1. The number of amidine groups is 1. The lowest BCUT2D eigenvalue weighted by Crippen LogP contribution is -2.49. The van der Waals surface area contributed by atoms with Crippen molar-refractivity contribution < 1.29 is 0 Å². The van der Waals surface area contributed by atoms with Gasteiger partial charge in [0.05, 0.1) is 17.9 Å². The Morgan fingerprint density at radius 2 is 2.07 bits per heavy atom. The minimum absolute atomic E-state index is 0.235. The Morgan fingerprint density at radius 3 is 2.80 bits per heavy atom. The van der Waals surface area contributed by atoms with Crippen molar-refractivity contribution in [3.05, 3.63) is 35.4 Å². The summed E-state index contributed by atoms with van der Waals surface area (Å²) < 4.78 is 0. The van der Waals surface area contributed by atoms with Crippen molar-refractivity contribution in [2.75, 3.05) is 6.54 Å². The number of fused-ring (bicyclic) bond motifs is 1. The quantitative estimate of drug-likeness (QED) is 0.680. The van der Waals surface area contributed by atoms with E-state index in [0.717, 1.165) is 18.8 Å². The van der Waals surface area contributed by atoms with Gasteiger partial charge in [0.1, 0.15) is 0 Å². The van der Waals surface area contributed by atoms with Gasteiger partial charge in [0.2, 0.25) is 0 Å². The number of aryl methyl sites for hydroxylation is 1. The highest BCUT2D eigenvalue weighted by atomic mass is 15.1. The summed E-state index contributed by atoms with van der Waals surface area (Å²) in [5.74, 6) is 1.11. The van der Waals surface area contributed by atoms with E-state index < -0.39 is 0 Å². The molecule has 2 nitrogen and oxygen atoms in total. The van der Waals surface area contributed by atoms with Crippen molar-refractivity contribution in [2.45, 2.75) is 31.7 Å². The molecule has 0 fully saturated rings. The third-order valence-electron chi connectivity index (χ3n) is 3.59. The van der Waals surface area contributed by atoms with Gasteiger partial charge in [0.15, 0.2) is 0 Å². The second-order valence-electron chi connectivity index (χ2n) is 4.75. The lowest BCUT2D eigenvalue weighted by Gasteiger charge is -2.34. The van der Waals surface area contributed by atoms with Gasteiger partial charge in [-0.3, -0.25) is 4.99 Å². The van der Waals surface area contributed by atoms with Crippen LogP contribution in [0, 0.1) is 0 Å². The average molecular weight is 200 g/mol. The van der Waals surface area contributed by atoms with Crippen molar-refractivity contribution >= 4 is 5.84 Å². The molecule has 1 heterocycles. The van der Waals surface area contributed by atoms with Crippen molar-refractivity contribution in [3.8, 4) is 0 Å². The maximum absolute atomic E-state index is 4.49. The summed E-state index contributed by atoms with van der Waals surface area (Å²) in [5.41, 5.74) is 3.26. The van der Waals surface area contributed by atoms with Crippen molar-refractivity contribution in [1.82, 2.24) is 5.32 Å². The van der Waals surface area contributed by atoms with Gasteiger partial charge in [-0.05, 0) is 37.3 Å². The van der Waals surface area contributed by atoms with Crippen LogP contribution in [-0.4, -0.2) is 17.9 Å². The molecule has 0 bridgehead atoms. The first-order valence-electron chi connectivity index (χ1n) is 5.63. The van der Waals surface area contributed by atoms with Gasteiger partial charge in [0.25, 0.3) is 0 Å². The number of rotatable bonds is 0. The Kier molecular flexibility index (Phi) is 1.84. The normalized spacial score (nSPS) is 28.5. The first-order valence-corrected chi connectivity index (χ1v) is 5.63. The minimum atomic E-state index is 0.235. The molecule has 1 atom stereocenters. The van der Waals surface area contributed by atoms with E-state index in [1.807, 2.05) is 0 Å². The van der Waals surface area contributed by atoms with E-state index in [1.54, 1.807) is 0 Å². The molecule has 1 aromatic rings. The highest BCUT2D eigenvalue weighted by Gasteiger charge is 2.37. The highest BCUT2D eigenvalue weighted by molar-refractivity contribution is 5.82. The van der Waals surface area contributed by atoms with Crippen molar-refractivity contribution in [1.29, 1.82) is 0 Å². The van der Waals surface area contributed by atoms with Crippen LogP contribution >= 0.6 is 0 Å². The molecule has 1 aliphatic carbocycles. The minimum Gasteiger partial charge on any atom is -0.366 e. The van der Waals surface area contributed by atoms with Crippen molar-refractivity contribution in [3.63, 3.8) is 0 Å². The molecule has 0 radical (unpaired) electrons. The Labute approximate surface area is 90.4 Å². The zero-order chi connectivity index (χ0) is 10.3. The molecule has 78 valence electrons. The lowest BCUT2D eigenvalue weighted by molar-refractivity contribution is 0.362. The molecule has 1 unspecified atom stereocenters. The average Bonchev–Trinajstić information content (AvgIpc) is 2.60. The van der Waals surface area contributed by atoms with E-state index in [9.17, 15) is 0 Å². The predicted octanol–water partition coefficient (Wildman–Crippen LogP) is 1.94. The maximum atomic E-state index is 4.49. The molecule has 2 aliphatic rings. The van der Waals surface area contributed by atoms with Crippen LogP contribution in [0.25, 0.3) is 0 Å². The molecule has 2 heteroatoms. The van der Waals surface area contributed by atoms with E-state index in [1.165, 1.54) is 24.0 Å². The van der Waals surface area contributed by atoms with E-state index in [4.69, 9.17) is 0 Å². The van der Waals surface area contributed by atoms with E-state index >= 15 is 0 Å². The molecule has 1 N–H and O–H groups in total. The second kappa shape index (κ2) is 3.09. The Bertz CT molecular complexity index is 422. The number of hydrogen-bond acceptors (Lipinski definition) is 2. The van der Waals surface area contributed by atoms with Crippen LogP contribution < -0.4 is 5.32 Å². The van der Waals surface area contributed by atoms with Gasteiger partial charge in [-0.15, -0.1) is 0 Å². The Morgan fingerprint density at radius 1 is 1.27 bits per heavy atom.